The van der Waals surface area contributed by atoms with Crippen LogP contribution in [0.2, 0.25) is 0 Å². The van der Waals surface area contributed by atoms with Crippen molar-refractivity contribution < 1.29 is 24.4 Å². The van der Waals surface area contributed by atoms with E-state index in [0.29, 0.717) is 13.0 Å². The molecule has 0 radical (unpaired) electrons. The molecule has 1 unspecified atom stereocenters. The zero-order valence-electron chi connectivity index (χ0n) is 18.9. The second-order valence-electron chi connectivity index (χ2n) is 8.32. The minimum atomic E-state index is -0.903. The number of ether oxygens (including phenoxy) is 3. The van der Waals surface area contributed by atoms with E-state index >= 15 is 0 Å². The summed E-state index contributed by atoms with van der Waals surface area (Å²) in [6.45, 7) is 2.39. The Hall–Kier alpha value is -2.54. The van der Waals surface area contributed by atoms with Gasteiger partial charge >= 0.3 is 0 Å². The number of hydrogen-bond donors (Lipinski definition) is 2. The van der Waals surface area contributed by atoms with Crippen molar-refractivity contribution in [3.05, 3.63) is 108 Å². The Balaban J connectivity index is 1.74. The molecule has 5 heteroatoms. The van der Waals surface area contributed by atoms with Crippen molar-refractivity contribution in [3.63, 3.8) is 0 Å². The molecule has 0 amide bonds. The van der Waals surface area contributed by atoms with Crippen molar-refractivity contribution in [2.75, 3.05) is 19.8 Å². The van der Waals surface area contributed by atoms with Gasteiger partial charge in [0, 0.05) is 25.6 Å². The summed E-state index contributed by atoms with van der Waals surface area (Å²) >= 11 is 0. The van der Waals surface area contributed by atoms with Crippen molar-refractivity contribution >= 4 is 0 Å². The summed E-state index contributed by atoms with van der Waals surface area (Å²) in [5.74, 6) is -0.330. The molecule has 1 aliphatic rings. The average Bonchev–Trinajstić information content (AvgIpc) is 2.88. The molecule has 1 saturated heterocycles. The normalized spacial score (nSPS) is 23.4. The maximum atomic E-state index is 10.9. The Morgan fingerprint density at radius 2 is 1.33 bits per heavy atom. The van der Waals surface area contributed by atoms with Crippen molar-refractivity contribution in [3.8, 4) is 0 Å². The van der Waals surface area contributed by atoms with Gasteiger partial charge in [-0.25, -0.2) is 0 Å². The van der Waals surface area contributed by atoms with Crippen LogP contribution in [-0.2, 0) is 19.8 Å². The standard InChI is InChI=1S/C28H32O5/c1-2-31-26-18-21(19-29)27(30)25(33-26)20-32-28(22-12-6-3-7-13-22,23-14-8-4-9-15-23)24-16-10-5-11-17-24/h3-17,21,25-27,29-30H,2,18-20H2,1H3/t21-,25-,26?,27+/m1/s1. The molecule has 0 spiro atoms. The van der Waals surface area contributed by atoms with Crippen molar-refractivity contribution in [1.29, 1.82) is 0 Å². The third-order valence-corrected chi connectivity index (χ3v) is 6.28. The number of benzene rings is 3. The fourth-order valence-corrected chi connectivity index (χ4v) is 4.61. The molecule has 3 aromatic carbocycles. The topological polar surface area (TPSA) is 68.2 Å². The second-order valence-corrected chi connectivity index (χ2v) is 8.32. The summed E-state index contributed by atoms with van der Waals surface area (Å²) in [4.78, 5) is 0. The van der Waals surface area contributed by atoms with Gasteiger partial charge in [-0.2, -0.15) is 0 Å². The SMILES string of the molecule is CCOC1C[C@H](CO)[C@H](O)[C@@H](COC(c2ccccc2)(c2ccccc2)c2ccccc2)O1. The minimum Gasteiger partial charge on any atom is -0.396 e. The van der Waals surface area contributed by atoms with Gasteiger partial charge in [-0.15, -0.1) is 0 Å². The smallest absolute Gasteiger partial charge is 0.158 e. The lowest BCUT2D eigenvalue weighted by atomic mass is 9.80. The van der Waals surface area contributed by atoms with E-state index < -0.39 is 24.1 Å². The lowest BCUT2D eigenvalue weighted by Gasteiger charge is -2.41. The van der Waals surface area contributed by atoms with Crippen LogP contribution < -0.4 is 0 Å². The summed E-state index contributed by atoms with van der Waals surface area (Å²) in [6, 6.07) is 30.3. The quantitative estimate of drug-likeness (QED) is 0.482. The molecule has 4 rings (SSSR count). The first kappa shape index (κ1) is 23.6. The molecule has 33 heavy (non-hydrogen) atoms. The maximum absolute atomic E-state index is 10.9. The molecule has 1 heterocycles. The first-order chi connectivity index (χ1) is 16.2. The predicted molar refractivity (Wildman–Crippen MR) is 127 cm³/mol. The van der Waals surface area contributed by atoms with E-state index in [4.69, 9.17) is 14.2 Å². The molecule has 174 valence electrons. The third-order valence-electron chi connectivity index (χ3n) is 6.28. The van der Waals surface area contributed by atoms with Gasteiger partial charge in [0.2, 0.25) is 0 Å². The summed E-state index contributed by atoms with van der Waals surface area (Å²) in [6.07, 6.45) is -1.53. The lowest BCUT2D eigenvalue weighted by molar-refractivity contribution is -0.255. The molecule has 0 saturated carbocycles. The first-order valence-electron chi connectivity index (χ1n) is 11.6. The van der Waals surface area contributed by atoms with Crippen LogP contribution in [0, 0.1) is 5.92 Å². The molecule has 1 aliphatic heterocycles. The van der Waals surface area contributed by atoms with Gasteiger partial charge in [0.15, 0.2) is 6.29 Å². The van der Waals surface area contributed by atoms with Crippen LogP contribution in [0.1, 0.15) is 30.0 Å². The van der Waals surface area contributed by atoms with E-state index in [1.54, 1.807) is 0 Å². The fraction of sp³-hybridized carbons (Fsp3) is 0.357. The van der Waals surface area contributed by atoms with E-state index in [1.807, 2.05) is 61.5 Å². The van der Waals surface area contributed by atoms with Gasteiger partial charge < -0.3 is 24.4 Å². The Morgan fingerprint density at radius 3 is 1.76 bits per heavy atom. The maximum Gasteiger partial charge on any atom is 0.158 e. The minimum absolute atomic E-state index is 0.125. The highest BCUT2D eigenvalue weighted by Crippen LogP contribution is 2.41. The van der Waals surface area contributed by atoms with Gasteiger partial charge in [-0.1, -0.05) is 91.0 Å². The average molecular weight is 449 g/mol. The van der Waals surface area contributed by atoms with E-state index in [-0.39, 0.29) is 19.1 Å². The molecular formula is C28H32O5. The zero-order chi connectivity index (χ0) is 23.1. The van der Waals surface area contributed by atoms with Gasteiger partial charge in [-0.3, -0.25) is 0 Å². The molecular weight excluding hydrogens is 416 g/mol. The second kappa shape index (κ2) is 11.1. The van der Waals surface area contributed by atoms with Crippen LogP contribution in [-0.4, -0.2) is 48.5 Å². The molecule has 4 atom stereocenters. The molecule has 1 fully saturated rings. The number of aliphatic hydroxyl groups excluding tert-OH is 2. The van der Waals surface area contributed by atoms with E-state index in [9.17, 15) is 10.2 Å². The van der Waals surface area contributed by atoms with E-state index in [0.717, 1.165) is 16.7 Å². The van der Waals surface area contributed by atoms with Crippen LogP contribution >= 0.6 is 0 Å². The highest BCUT2D eigenvalue weighted by molar-refractivity contribution is 5.47. The van der Waals surface area contributed by atoms with Crippen LogP contribution in [0.5, 0.6) is 0 Å². The van der Waals surface area contributed by atoms with Crippen molar-refractivity contribution in [2.24, 2.45) is 5.92 Å². The Bertz CT molecular complexity index is 867. The molecule has 0 bridgehead atoms. The van der Waals surface area contributed by atoms with Gasteiger partial charge in [-0.05, 0) is 23.6 Å². The fourth-order valence-electron chi connectivity index (χ4n) is 4.61. The Kier molecular flexibility index (Phi) is 7.91. The Morgan fingerprint density at radius 1 is 0.848 bits per heavy atom. The molecule has 2 N–H and O–H groups in total. The number of rotatable bonds is 9. The molecule has 0 aliphatic carbocycles. The zero-order valence-corrected chi connectivity index (χ0v) is 18.9. The predicted octanol–water partition coefficient (Wildman–Crippen LogP) is 4.12. The molecule has 0 aromatic heterocycles. The van der Waals surface area contributed by atoms with Gasteiger partial charge in [0.05, 0.1) is 12.7 Å². The lowest BCUT2D eigenvalue weighted by Crippen LogP contribution is -2.50. The molecule has 5 nitrogen and oxygen atoms in total. The number of hydrogen-bond acceptors (Lipinski definition) is 5. The van der Waals surface area contributed by atoms with Crippen LogP contribution in [0.15, 0.2) is 91.0 Å². The number of aliphatic hydroxyl groups is 2. The van der Waals surface area contributed by atoms with E-state index in [1.165, 1.54) is 0 Å². The highest BCUT2D eigenvalue weighted by Gasteiger charge is 2.42. The van der Waals surface area contributed by atoms with Gasteiger partial charge in [0.25, 0.3) is 0 Å². The monoisotopic (exact) mass is 448 g/mol. The summed E-state index contributed by atoms with van der Waals surface area (Å²) < 4.78 is 18.5. The summed E-state index contributed by atoms with van der Waals surface area (Å²) in [7, 11) is 0. The highest BCUT2D eigenvalue weighted by atomic mass is 16.7. The first-order valence-corrected chi connectivity index (χ1v) is 11.6. The van der Waals surface area contributed by atoms with Gasteiger partial charge in [0.1, 0.15) is 11.7 Å². The largest absolute Gasteiger partial charge is 0.396 e. The van der Waals surface area contributed by atoms with Crippen molar-refractivity contribution in [1.82, 2.24) is 0 Å². The Labute approximate surface area is 195 Å². The summed E-state index contributed by atoms with van der Waals surface area (Å²) in [5.41, 5.74) is 2.04. The van der Waals surface area contributed by atoms with Crippen LogP contribution in [0.4, 0.5) is 0 Å². The summed E-state index contributed by atoms with van der Waals surface area (Å²) in [5, 5.41) is 20.7. The van der Waals surface area contributed by atoms with Crippen molar-refractivity contribution in [2.45, 2.75) is 37.4 Å². The molecule has 3 aromatic rings. The van der Waals surface area contributed by atoms with Crippen LogP contribution in [0.25, 0.3) is 0 Å². The van der Waals surface area contributed by atoms with E-state index in [2.05, 4.69) is 36.4 Å². The van der Waals surface area contributed by atoms with Crippen LogP contribution in [0.3, 0.4) is 0 Å². The third kappa shape index (κ3) is 5.03.